The summed E-state index contributed by atoms with van der Waals surface area (Å²) in [6, 6.07) is 8.49. The summed E-state index contributed by atoms with van der Waals surface area (Å²) in [5.74, 6) is -0.0167. The Morgan fingerprint density at radius 3 is 2.35 bits per heavy atom. The van der Waals surface area contributed by atoms with Gasteiger partial charge in [-0.1, -0.05) is 27.5 Å². The van der Waals surface area contributed by atoms with Crippen molar-refractivity contribution >= 4 is 33.5 Å². The Morgan fingerprint density at radius 2 is 1.74 bits per heavy atom. The number of carboxylic acids is 1. The van der Waals surface area contributed by atoms with Gasteiger partial charge in [0.15, 0.2) is 0 Å². The van der Waals surface area contributed by atoms with Crippen molar-refractivity contribution in [2.75, 3.05) is 13.2 Å². The van der Waals surface area contributed by atoms with E-state index in [2.05, 4.69) is 15.9 Å². The van der Waals surface area contributed by atoms with Crippen molar-refractivity contribution in [3.63, 3.8) is 0 Å². The fraction of sp³-hybridized carbons (Fsp3) is 0.235. The van der Waals surface area contributed by atoms with Gasteiger partial charge in [-0.2, -0.15) is 0 Å². The van der Waals surface area contributed by atoms with Gasteiger partial charge < -0.3 is 14.6 Å². The molecule has 0 spiro atoms. The molecule has 0 saturated carbocycles. The maximum absolute atomic E-state index is 11.2. The Morgan fingerprint density at radius 1 is 1.13 bits per heavy atom. The maximum Gasteiger partial charge on any atom is 0.339 e. The van der Waals surface area contributed by atoms with Gasteiger partial charge >= 0.3 is 5.97 Å². The lowest BCUT2D eigenvalue weighted by molar-refractivity contribution is 0.0691. The largest absolute Gasteiger partial charge is 0.490 e. The quantitative estimate of drug-likeness (QED) is 0.704. The van der Waals surface area contributed by atoms with Crippen LogP contribution in [0.4, 0.5) is 0 Å². The Balaban J connectivity index is 1.96. The molecule has 122 valence electrons. The van der Waals surface area contributed by atoms with Crippen molar-refractivity contribution in [2.45, 2.75) is 13.8 Å². The molecule has 0 aromatic heterocycles. The predicted octanol–water partition coefficient (Wildman–Crippen LogP) is 4.88. The topological polar surface area (TPSA) is 55.8 Å². The fourth-order valence-corrected chi connectivity index (χ4v) is 2.54. The molecule has 1 N–H and O–H groups in total. The molecule has 0 aliphatic rings. The van der Waals surface area contributed by atoms with Gasteiger partial charge in [0.25, 0.3) is 0 Å². The number of aromatic carboxylic acids is 1. The van der Waals surface area contributed by atoms with Crippen LogP contribution in [0.2, 0.25) is 5.02 Å². The number of benzene rings is 2. The molecular formula is C17H16BrClO4. The van der Waals surface area contributed by atoms with Crippen molar-refractivity contribution in [3.05, 3.63) is 56.5 Å². The van der Waals surface area contributed by atoms with Crippen LogP contribution in [0.15, 0.2) is 34.8 Å². The van der Waals surface area contributed by atoms with E-state index in [1.807, 2.05) is 26.0 Å². The monoisotopic (exact) mass is 398 g/mol. The maximum atomic E-state index is 11.2. The minimum Gasteiger partial charge on any atom is -0.490 e. The van der Waals surface area contributed by atoms with Gasteiger partial charge in [0.1, 0.15) is 30.3 Å². The molecule has 0 radical (unpaired) electrons. The first kappa shape index (κ1) is 17.6. The highest BCUT2D eigenvalue weighted by molar-refractivity contribution is 9.10. The van der Waals surface area contributed by atoms with Gasteiger partial charge in [-0.15, -0.1) is 0 Å². The molecule has 0 saturated heterocycles. The normalized spacial score (nSPS) is 10.4. The fourth-order valence-electron chi connectivity index (χ4n) is 2.09. The zero-order valence-corrected chi connectivity index (χ0v) is 15.1. The highest BCUT2D eigenvalue weighted by Gasteiger charge is 2.11. The van der Waals surface area contributed by atoms with Crippen LogP contribution in [0, 0.1) is 13.8 Å². The Bertz CT molecular complexity index is 708. The van der Waals surface area contributed by atoms with Crippen LogP contribution < -0.4 is 9.47 Å². The van der Waals surface area contributed by atoms with Crippen molar-refractivity contribution < 1.29 is 19.4 Å². The molecule has 2 aromatic carbocycles. The second-order valence-corrected chi connectivity index (χ2v) is 6.31. The van der Waals surface area contributed by atoms with Gasteiger partial charge in [-0.25, -0.2) is 4.79 Å². The van der Waals surface area contributed by atoms with Crippen LogP contribution in [0.3, 0.4) is 0 Å². The van der Waals surface area contributed by atoms with E-state index in [0.29, 0.717) is 18.1 Å². The number of ether oxygens (including phenoxy) is 2. The molecule has 0 heterocycles. The average Bonchev–Trinajstić information content (AvgIpc) is 2.48. The Hall–Kier alpha value is -1.72. The lowest BCUT2D eigenvalue weighted by Gasteiger charge is -2.12. The molecule has 0 atom stereocenters. The van der Waals surface area contributed by atoms with Crippen molar-refractivity contribution in [2.24, 2.45) is 0 Å². The Kier molecular flexibility index (Phi) is 5.91. The zero-order chi connectivity index (χ0) is 17.0. The zero-order valence-electron chi connectivity index (χ0n) is 12.7. The van der Waals surface area contributed by atoms with Crippen LogP contribution in [0.1, 0.15) is 21.5 Å². The minimum atomic E-state index is -1.03. The third kappa shape index (κ3) is 4.62. The van der Waals surface area contributed by atoms with Crippen LogP contribution >= 0.6 is 27.5 Å². The van der Waals surface area contributed by atoms with E-state index >= 15 is 0 Å². The molecule has 2 aromatic rings. The standard InChI is InChI=1S/C17H16BrClO4/c1-10-7-13(8-11(2)16(10)19)22-5-6-23-15-9-12(18)3-4-14(15)17(20)21/h3-4,7-9H,5-6H2,1-2H3,(H,20,21). The van der Waals surface area contributed by atoms with Crippen LogP contribution in [0.25, 0.3) is 0 Å². The summed E-state index contributed by atoms with van der Waals surface area (Å²) in [4.78, 5) is 11.2. The highest BCUT2D eigenvalue weighted by Crippen LogP contribution is 2.26. The van der Waals surface area contributed by atoms with Gasteiger partial charge in [0.05, 0.1) is 0 Å². The molecule has 0 bridgehead atoms. The van der Waals surface area contributed by atoms with E-state index in [4.69, 9.17) is 26.2 Å². The minimum absolute atomic E-state index is 0.117. The second kappa shape index (κ2) is 7.70. The highest BCUT2D eigenvalue weighted by atomic mass is 79.9. The number of rotatable bonds is 6. The van der Waals surface area contributed by atoms with Gasteiger partial charge in [-0.05, 0) is 55.3 Å². The Labute approximate surface area is 148 Å². The molecule has 0 amide bonds. The van der Waals surface area contributed by atoms with E-state index < -0.39 is 5.97 Å². The van der Waals surface area contributed by atoms with E-state index in [1.165, 1.54) is 6.07 Å². The van der Waals surface area contributed by atoms with E-state index in [0.717, 1.165) is 20.6 Å². The second-order valence-electron chi connectivity index (χ2n) is 5.01. The SMILES string of the molecule is Cc1cc(OCCOc2cc(Br)ccc2C(=O)O)cc(C)c1Cl. The van der Waals surface area contributed by atoms with E-state index in [1.54, 1.807) is 12.1 Å². The van der Waals surface area contributed by atoms with E-state index in [-0.39, 0.29) is 12.2 Å². The van der Waals surface area contributed by atoms with Gasteiger partial charge in [0.2, 0.25) is 0 Å². The molecule has 0 aliphatic carbocycles. The van der Waals surface area contributed by atoms with Crippen LogP contribution in [0.5, 0.6) is 11.5 Å². The number of carboxylic acid groups (broad SMARTS) is 1. The predicted molar refractivity (Wildman–Crippen MR) is 93.0 cm³/mol. The van der Waals surface area contributed by atoms with Crippen molar-refractivity contribution in [3.8, 4) is 11.5 Å². The summed E-state index contributed by atoms with van der Waals surface area (Å²) >= 11 is 9.41. The number of carbonyl (C=O) groups is 1. The summed E-state index contributed by atoms with van der Waals surface area (Å²) in [5, 5.41) is 9.87. The summed E-state index contributed by atoms with van der Waals surface area (Å²) in [6.07, 6.45) is 0. The van der Waals surface area contributed by atoms with Gasteiger partial charge in [-0.3, -0.25) is 0 Å². The summed E-state index contributed by atoms with van der Waals surface area (Å²) in [6.45, 7) is 4.36. The first-order valence-electron chi connectivity index (χ1n) is 6.93. The molecule has 6 heteroatoms. The molecular weight excluding hydrogens is 384 g/mol. The summed E-state index contributed by atoms with van der Waals surface area (Å²) < 4.78 is 11.9. The molecule has 4 nitrogen and oxygen atoms in total. The van der Waals surface area contributed by atoms with Gasteiger partial charge in [0, 0.05) is 9.50 Å². The average molecular weight is 400 g/mol. The lowest BCUT2D eigenvalue weighted by Crippen LogP contribution is -2.11. The summed E-state index contributed by atoms with van der Waals surface area (Å²) in [5.41, 5.74) is 2.01. The van der Waals surface area contributed by atoms with Crippen LogP contribution in [-0.4, -0.2) is 24.3 Å². The third-order valence-electron chi connectivity index (χ3n) is 3.19. The molecule has 23 heavy (non-hydrogen) atoms. The molecule has 0 fully saturated rings. The first-order valence-corrected chi connectivity index (χ1v) is 8.10. The first-order chi connectivity index (χ1) is 10.9. The third-order valence-corrected chi connectivity index (χ3v) is 4.28. The lowest BCUT2D eigenvalue weighted by atomic mass is 10.1. The number of halogens is 2. The number of aryl methyl sites for hydroxylation is 2. The van der Waals surface area contributed by atoms with E-state index in [9.17, 15) is 4.79 Å². The smallest absolute Gasteiger partial charge is 0.339 e. The van der Waals surface area contributed by atoms with Crippen molar-refractivity contribution in [1.29, 1.82) is 0 Å². The molecule has 0 aliphatic heterocycles. The number of hydrogen-bond donors (Lipinski definition) is 1. The van der Waals surface area contributed by atoms with Crippen LogP contribution in [-0.2, 0) is 0 Å². The molecule has 0 unspecified atom stereocenters. The molecule has 2 rings (SSSR count). The van der Waals surface area contributed by atoms with Crippen molar-refractivity contribution in [1.82, 2.24) is 0 Å². The summed E-state index contributed by atoms with van der Waals surface area (Å²) in [7, 11) is 0. The number of hydrogen-bond acceptors (Lipinski definition) is 3.